The number of nitrogens with zero attached hydrogens (tertiary/aromatic N) is 6. The Bertz CT molecular complexity index is 2240. The number of methoxy groups -OCH3 is 1. The first kappa shape index (κ1) is 31.5. The molecule has 0 spiro atoms. The highest BCUT2D eigenvalue weighted by atomic mass is 19.1. The predicted molar refractivity (Wildman–Crippen MR) is 178 cm³/mol. The molecule has 7 rings (SSSR count). The van der Waals surface area contributed by atoms with E-state index in [4.69, 9.17) is 28.7 Å². The molecule has 0 amide bonds. The minimum Gasteiger partial charge on any atom is -0.490 e. The summed E-state index contributed by atoms with van der Waals surface area (Å²) in [6, 6.07) is 9.23. The molecule has 11 nitrogen and oxygen atoms in total. The number of pyridine rings is 1. The first-order valence-electron chi connectivity index (χ1n) is 15.8. The molecular formula is C36H37FN6O5. The molecule has 0 saturated carbocycles. The van der Waals surface area contributed by atoms with Crippen LogP contribution in [0.4, 0.5) is 4.39 Å². The third kappa shape index (κ3) is 5.20. The lowest BCUT2D eigenvalue weighted by Gasteiger charge is -2.29. The van der Waals surface area contributed by atoms with Crippen molar-refractivity contribution in [2.45, 2.75) is 59.2 Å². The predicted octanol–water partition coefficient (Wildman–Crippen LogP) is 6.95. The van der Waals surface area contributed by atoms with Gasteiger partial charge < -0.3 is 23.3 Å². The van der Waals surface area contributed by atoms with E-state index in [0.717, 1.165) is 34.0 Å². The molecule has 0 radical (unpaired) electrons. The van der Waals surface area contributed by atoms with Gasteiger partial charge in [-0.15, -0.1) is 0 Å². The lowest BCUT2D eigenvalue weighted by atomic mass is 9.86. The molecule has 1 atom stereocenters. The van der Waals surface area contributed by atoms with Crippen LogP contribution in [-0.2, 0) is 34.8 Å². The first-order chi connectivity index (χ1) is 22.9. The summed E-state index contributed by atoms with van der Waals surface area (Å²) in [6.45, 7) is 9.83. The van der Waals surface area contributed by atoms with Crippen molar-refractivity contribution in [1.29, 1.82) is 0 Å². The number of ether oxygens (including phenoxy) is 3. The number of carbonyl (C=O) groups is 1. The molecule has 0 aliphatic carbocycles. The van der Waals surface area contributed by atoms with Gasteiger partial charge in [0.2, 0.25) is 5.82 Å². The van der Waals surface area contributed by atoms with Crippen LogP contribution in [0.15, 0.2) is 41.1 Å². The fourth-order valence-electron chi connectivity index (χ4n) is 6.62. The fourth-order valence-corrected chi connectivity index (χ4v) is 6.62. The molecule has 4 aromatic heterocycles. The van der Waals surface area contributed by atoms with E-state index in [-0.39, 0.29) is 11.6 Å². The molecule has 6 aromatic rings. The average molecular weight is 653 g/mol. The number of hydrogen-bond acceptors (Lipinski definition) is 9. The van der Waals surface area contributed by atoms with E-state index in [0.29, 0.717) is 58.0 Å². The maximum absolute atomic E-state index is 15.8. The quantitative estimate of drug-likeness (QED) is 0.176. The van der Waals surface area contributed by atoms with Crippen LogP contribution in [0.5, 0.6) is 5.75 Å². The van der Waals surface area contributed by atoms with Crippen LogP contribution < -0.4 is 4.74 Å². The Morgan fingerprint density at radius 1 is 1.10 bits per heavy atom. The number of rotatable bonds is 6. The van der Waals surface area contributed by atoms with Gasteiger partial charge in [-0.05, 0) is 88.9 Å². The Balaban J connectivity index is 1.47. The Morgan fingerprint density at radius 3 is 2.65 bits per heavy atom. The van der Waals surface area contributed by atoms with Crippen LogP contribution in [0, 0.1) is 19.7 Å². The van der Waals surface area contributed by atoms with Crippen LogP contribution in [0.25, 0.3) is 56.0 Å². The summed E-state index contributed by atoms with van der Waals surface area (Å²) < 4.78 is 42.7. The second-order valence-corrected chi connectivity index (χ2v) is 13.2. The average Bonchev–Trinajstić information content (AvgIpc) is 3.78. The van der Waals surface area contributed by atoms with Gasteiger partial charge in [-0.2, -0.15) is 10.1 Å². The number of esters is 1. The molecule has 1 aliphatic rings. The molecular weight excluding hydrogens is 615 g/mol. The van der Waals surface area contributed by atoms with E-state index in [1.165, 1.54) is 13.2 Å². The summed E-state index contributed by atoms with van der Waals surface area (Å²) in [4.78, 5) is 23.2. The van der Waals surface area contributed by atoms with E-state index in [1.54, 1.807) is 10.9 Å². The number of benzene rings is 2. The Labute approximate surface area is 276 Å². The van der Waals surface area contributed by atoms with E-state index >= 15 is 4.39 Å². The van der Waals surface area contributed by atoms with Gasteiger partial charge in [0, 0.05) is 52.8 Å². The SMILES string of the molecule is COC(=O)[C@@H](OC(C)(C)C)c1c(C)nc2c(cc(-c3nc(-c4ccc5c(cnn5C)c4)no3)n2C)c1-c1cc(F)c2c(c1C)CCCO2. The molecule has 5 heterocycles. The molecule has 1 aliphatic heterocycles. The van der Waals surface area contributed by atoms with Crippen molar-refractivity contribution >= 4 is 27.9 Å². The van der Waals surface area contributed by atoms with Crippen molar-refractivity contribution in [2.75, 3.05) is 13.7 Å². The Morgan fingerprint density at radius 2 is 1.90 bits per heavy atom. The summed E-state index contributed by atoms with van der Waals surface area (Å²) in [6.07, 6.45) is 2.09. The van der Waals surface area contributed by atoms with Crippen molar-refractivity contribution in [3.8, 4) is 39.8 Å². The number of carbonyl (C=O) groups excluding carboxylic acids is 1. The number of aryl methyl sites for hydroxylation is 3. The molecule has 0 fully saturated rings. The smallest absolute Gasteiger partial charge is 0.339 e. The third-order valence-corrected chi connectivity index (χ3v) is 8.91. The topological polar surface area (TPSA) is 119 Å². The molecule has 0 N–H and O–H groups in total. The standard InChI is InChI=1S/C36H37FN6O5/c1-18-22-10-9-13-46-30(22)25(37)15-23(18)29-24-16-27(34-40-32(41-48-34)20-11-12-26-21(14-20)17-38-43(26)7)42(6)33(24)39-19(2)28(29)31(35(44)45-8)47-36(3,4)5/h11-12,14-17,31H,9-10,13H2,1-8H3/t31-/m0/s1. The summed E-state index contributed by atoms with van der Waals surface area (Å²) in [5, 5.41) is 10.2. The zero-order valence-corrected chi connectivity index (χ0v) is 28.3. The minimum atomic E-state index is -1.14. The lowest BCUT2D eigenvalue weighted by Crippen LogP contribution is -2.29. The fraction of sp³-hybridized carbons (Fsp3) is 0.361. The van der Waals surface area contributed by atoms with Crippen molar-refractivity contribution in [1.82, 2.24) is 29.5 Å². The van der Waals surface area contributed by atoms with Gasteiger partial charge in [-0.25, -0.2) is 14.2 Å². The highest BCUT2D eigenvalue weighted by Crippen LogP contribution is 2.45. The van der Waals surface area contributed by atoms with Gasteiger partial charge >= 0.3 is 5.97 Å². The molecule has 248 valence electrons. The van der Waals surface area contributed by atoms with E-state index in [2.05, 4.69) is 10.3 Å². The Kier molecular flexibility index (Phi) is 7.58. The first-order valence-corrected chi connectivity index (χ1v) is 15.8. The van der Waals surface area contributed by atoms with Gasteiger partial charge in [0.1, 0.15) is 11.3 Å². The van der Waals surface area contributed by atoms with Gasteiger partial charge in [0.05, 0.1) is 31.0 Å². The molecule has 48 heavy (non-hydrogen) atoms. The van der Waals surface area contributed by atoms with Gasteiger partial charge in [0.25, 0.3) is 5.89 Å². The molecule has 0 saturated heterocycles. The maximum Gasteiger partial charge on any atom is 0.339 e. The van der Waals surface area contributed by atoms with Crippen molar-refractivity contribution in [3.63, 3.8) is 0 Å². The monoisotopic (exact) mass is 652 g/mol. The van der Waals surface area contributed by atoms with Gasteiger partial charge in [-0.1, -0.05) is 5.16 Å². The normalized spacial score (nSPS) is 13.9. The van der Waals surface area contributed by atoms with Crippen LogP contribution in [0.1, 0.15) is 55.7 Å². The van der Waals surface area contributed by atoms with E-state index in [9.17, 15) is 4.79 Å². The number of hydrogen-bond donors (Lipinski definition) is 0. The van der Waals surface area contributed by atoms with Gasteiger partial charge in [0.15, 0.2) is 17.7 Å². The number of aromatic nitrogens is 6. The summed E-state index contributed by atoms with van der Waals surface area (Å²) in [7, 11) is 5.07. The van der Waals surface area contributed by atoms with E-state index < -0.39 is 23.5 Å². The summed E-state index contributed by atoms with van der Waals surface area (Å²) in [5.41, 5.74) is 6.16. The summed E-state index contributed by atoms with van der Waals surface area (Å²) >= 11 is 0. The molecule has 0 unspecified atom stereocenters. The third-order valence-electron chi connectivity index (χ3n) is 8.91. The number of halogens is 1. The van der Waals surface area contributed by atoms with Gasteiger partial charge in [-0.3, -0.25) is 4.68 Å². The Hall–Kier alpha value is -5.10. The van der Waals surface area contributed by atoms with Crippen molar-refractivity contribution < 1.29 is 27.9 Å². The van der Waals surface area contributed by atoms with Crippen molar-refractivity contribution in [3.05, 3.63) is 64.7 Å². The zero-order chi connectivity index (χ0) is 34.1. The molecule has 0 bridgehead atoms. The number of fused-ring (bicyclic) bond motifs is 3. The lowest BCUT2D eigenvalue weighted by molar-refractivity contribution is -0.164. The zero-order valence-electron chi connectivity index (χ0n) is 28.3. The highest BCUT2D eigenvalue weighted by Gasteiger charge is 2.35. The van der Waals surface area contributed by atoms with Crippen LogP contribution in [0.3, 0.4) is 0 Å². The van der Waals surface area contributed by atoms with Crippen LogP contribution in [-0.4, -0.2) is 54.8 Å². The van der Waals surface area contributed by atoms with E-state index in [1.807, 2.05) is 77.5 Å². The van der Waals surface area contributed by atoms with Crippen molar-refractivity contribution in [2.24, 2.45) is 14.1 Å². The summed E-state index contributed by atoms with van der Waals surface area (Å²) in [5.74, 6) is -0.0769. The highest BCUT2D eigenvalue weighted by molar-refractivity contribution is 6.01. The maximum atomic E-state index is 15.8. The molecule has 2 aromatic carbocycles. The largest absolute Gasteiger partial charge is 0.490 e. The van der Waals surface area contributed by atoms with Crippen LogP contribution in [0.2, 0.25) is 0 Å². The minimum absolute atomic E-state index is 0.276. The van der Waals surface area contributed by atoms with Crippen LogP contribution >= 0.6 is 0 Å². The molecule has 12 heteroatoms. The second-order valence-electron chi connectivity index (χ2n) is 13.2. The second kappa shape index (κ2) is 11.6.